The number of rotatable bonds is 1. The van der Waals surface area contributed by atoms with Gasteiger partial charge in [0.1, 0.15) is 5.69 Å². The molecule has 1 amide bonds. The highest BCUT2D eigenvalue weighted by molar-refractivity contribution is 9.10. The van der Waals surface area contributed by atoms with Crippen LogP contribution in [0.3, 0.4) is 0 Å². The van der Waals surface area contributed by atoms with Gasteiger partial charge < -0.3 is 14.6 Å². The third kappa shape index (κ3) is 2.42. The van der Waals surface area contributed by atoms with Crippen molar-refractivity contribution in [3.05, 3.63) is 22.4 Å². The van der Waals surface area contributed by atoms with Gasteiger partial charge in [0.05, 0.1) is 5.60 Å². The summed E-state index contributed by atoms with van der Waals surface area (Å²) in [5.74, 6) is 0.323. The minimum Gasteiger partial charge on any atom is -0.389 e. The van der Waals surface area contributed by atoms with E-state index in [2.05, 4.69) is 15.9 Å². The second-order valence-corrected chi connectivity index (χ2v) is 7.12. The van der Waals surface area contributed by atoms with Crippen molar-refractivity contribution in [2.75, 3.05) is 13.1 Å². The Morgan fingerprint density at radius 3 is 2.95 bits per heavy atom. The van der Waals surface area contributed by atoms with Crippen LogP contribution in [0.15, 0.2) is 16.7 Å². The Labute approximate surface area is 127 Å². The maximum atomic E-state index is 12.6. The molecule has 5 heteroatoms. The summed E-state index contributed by atoms with van der Waals surface area (Å²) in [5.41, 5.74) is 0.183. The van der Waals surface area contributed by atoms with E-state index in [1.165, 1.54) is 6.42 Å². The molecule has 0 spiro atoms. The molecule has 20 heavy (non-hydrogen) atoms. The first-order valence-corrected chi connectivity index (χ1v) is 8.12. The fourth-order valence-electron chi connectivity index (χ4n) is 3.65. The molecule has 1 aromatic heterocycles. The number of hydrogen-bond acceptors (Lipinski definition) is 2. The zero-order valence-electron chi connectivity index (χ0n) is 11.8. The Bertz CT molecular complexity index is 528. The van der Waals surface area contributed by atoms with Crippen LogP contribution < -0.4 is 0 Å². The van der Waals surface area contributed by atoms with Crippen LogP contribution in [-0.4, -0.2) is 39.2 Å². The minimum absolute atomic E-state index is 0.0748. The van der Waals surface area contributed by atoms with Gasteiger partial charge in [0.25, 0.3) is 5.91 Å². The number of carbonyl (C=O) groups is 1. The number of likely N-dealkylation sites (tertiary alicyclic amines) is 1. The SMILES string of the molecule is Cn1cc(Br)cc1C(=O)N1CCC2(O)CCCCC2C1. The lowest BCUT2D eigenvalue weighted by Crippen LogP contribution is -2.54. The topological polar surface area (TPSA) is 45.5 Å². The molecule has 2 aliphatic rings. The van der Waals surface area contributed by atoms with Crippen LogP contribution in [0, 0.1) is 5.92 Å². The van der Waals surface area contributed by atoms with Crippen LogP contribution in [0.1, 0.15) is 42.6 Å². The number of aliphatic hydroxyl groups is 1. The second-order valence-electron chi connectivity index (χ2n) is 6.20. The Morgan fingerprint density at radius 1 is 1.45 bits per heavy atom. The molecule has 1 aliphatic heterocycles. The van der Waals surface area contributed by atoms with E-state index in [0.717, 1.165) is 30.2 Å². The molecule has 0 bridgehead atoms. The molecule has 1 aromatic rings. The minimum atomic E-state index is -0.524. The van der Waals surface area contributed by atoms with Crippen LogP contribution in [0.4, 0.5) is 0 Å². The molecule has 3 rings (SSSR count). The number of piperidine rings is 1. The average Bonchev–Trinajstić information content (AvgIpc) is 2.76. The lowest BCUT2D eigenvalue weighted by Gasteiger charge is -2.47. The molecule has 4 nitrogen and oxygen atoms in total. The molecule has 0 radical (unpaired) electrons. The first-order valence-electron chi connectivity index (χ1n) is 7.33. The summed E-state index contributed by atoms with van der Waals surface area (Å²) < 4.78 is 2.78. The number of carbonyl (C=O) groups excluding carboxylic acids is 1. The van der Waals surface area contributed by atoms with Crippen molar-refractivity contribution in [1.82, 2.24) is 9.47 Å². The Balaban J connectivity index is 1.76. The van der Waals surface area contributed by atoms with Crippen molar-refractivity contribution in [1.29, 1.82) is 0 Å². The van der Waals surface area contributed by atoms with Crippen LogP contribution in [0.2, 0.25) is 0 Å². The number of amides is 1. The van der Waals surface area contributed by atoms with E-state index in [-0.39, 0.29) is 11.8 Å². The Kier molecular flexibility index (Phi) is 3.67. The van der Waals surface area contributed by atoms with Crippen molar-refractivity contribution in [3.63, 3.8) is 0 Å². The largest absolute Gasteiger partial charge is 0.389 e. The number of aryl methyl sites for hydroxylation is 1. The normalized spacial score (nSPS) is 30.1. The first kappa shape index (κ1) is 14.1. The van der Waals surface area contributed by atoms with Gasteiger partial charge in [-0.2, -0.15) is 0 Å². The van der Waals surface area contributed by atoms with Gasteiger partial charge in [0.15, 0.2) is 0 Å². The summed E-state index contributed by atoms with van der Waals surface area (Å²) in [6, 6.07) is 1.87. The number of nitrogens with zero attached hydrogens (tertiary/aromatic N) is 2. The lowest BCUT2D eigenvalue weighted by molar-refractivity contribution is -0.0887. The quantitative estimate of drug-likeness (QED) is 0.853. The highest BCUT2D eigenvalue weighted by Gasteiger charge is 2.44. The summed E-state index contributed by atoms with van der Waals surface area (Å²) in [5, 5.41) is 10.7. The predicted molar refractivity (Wildman–Crippen MR) is 80.5 cm³/mol. The molecule has 2 heterocycles. The summed E-state index contributed by atoms with van der Waals surface area (Å²) in [6.45, 7) is 1.35. The third-order valence-corrected chi connectivity index (χ3v) is 5.34. The number of fused-ring (bicyclic) bond motifs is 1. The number of hydrogen-bond donors (Lipinski definition) is 1. The zero-order chi connectivity index (χ0) is 14.3. The molecule has 110 valence electrons. The van der Waals surface area contributed by atoms with Gasteiger partial charge in [-0.15, -0.1) is 0 Å². The van der Waals surface area contributed by atoms with E-state index < -0.39 is 5.60 Å². The van der Waals surface area contributed by atoms with Crippen LogP contribution in [0.5, 0.6) is 0 Å². The molecule has 1 aliphatic carbocycles. The van der Waals surface area contributed by atoms with E-state index in [4.69, 9.17) is 0 Å². The van der Waals surface area contributed by atoms with E-state index >= 15 is 0 Å². The van der Waals surface area contributed by atoms with Gasteiger partial charge in [0, 0.05) is 36.7 Å². The van der Waals surface area contributed by atoms with E-state index in [0.29, 0.717) is 18.8 Å². The van der Waals surface area contributed by atoms with Crippen molar-refractivity contribution < 1.29 is 9.90 Å². The molecule has 0 aromatic carbocycles. The fourth-order valence-corrected chi connectivity index (χ4v) is 4.18. The van der Waals surface area contributed by atoms with E-state index in [9.17, 15) is 9.90 Å². The Hall–Kier alpha value is -0.810. The van der Waals surface area contributed by atoms with Gasteiger partial charge in [-0.25, -0.2) is 0 Å². The predicted octanol–water partition coefficient (Wildman–Crippen LogP) is 2.55. The maximum Gasteiger partial charge on any atom is 0.270 e. The average molecular weight is 341 g/mol. The van der Waals surface area contributed by atoms with Gasteiger partial charge in [-0.05, 0) is 41.3 Å². The standard InChI is InChI=1S/C15H21BrN2O2/c1-17-10-12(16)8-13(17)14(19)18-7-6-15(20)5-3-2-4-11(15)9-18/h8,10-11,20H,2-7,9H2,1H3. The van der Waals surface area contributed by atoms with Gasteiger partial charge >= 0.3 is 0 Å². The van der Waals surface area contributed by atoms with E-state index in [1.807, 2.05) is 28.8 Å². The summed E-state index contributed by atoms with van der Waals surface area (Å²) >= 11 is 3.41. The van der Waals surface area contributed by atoms with Crippen LogP contribution >= 0.6 is 15.9 Å². The van der Waals surface area contributed by atoms with Crippen molar-refractivity contribution in [2.45, 2.75) is 37.7 Å². The monoisotopic (exact) mass is 340 g/mol. The molecular weight excluding hydrogens is 320 g/mol. The molecule has 2 unspecified atom stereocenters. The smallest absolute Gasteiger partial charge is 0.270 e. The third-order valence-electron chi connectivity index (χ3n) is 4.91. The van der Waals surface area contributed by atoms with Gasteiger partial charge in [0.2, 0.25) is 0 Å². The van der Waals surface area contributed by atoms with Crippen LogP contribution in [-0.2, 0) is 7.05 Å². The highest BCUT2D eigenvalue weighted by Crippen LogP contribution is 2.40. The Morgan fingerprint density at radius 2 is 2.25 bits per heavy atom. The first-order chi connectivity index (χ1) is 9.49. The molecule has 2 atom stereocenters. The summed E-state index contributed by atoms with van der Waals surface area (Å²) in [6.07, 6.45) is 6.84. The zero-order valence-corrected chi connectivity index (χ0v) is 13.4. The van der Waals surface area contributed by atoms with Crippen molar-refractivity contribution in [2.24, 2.45) is 13.0 Å². The van der Waals surface area contributed by atoms with Crippen molar-refractivity contribution >= 4 is 21.8 Å². The fraction of sp³-hybridized carbons (Fsp3) is 0.667. The molecule has 1 N–H and O–H groups in total. The summed E-state index contributed by atoms with van der Waals surface area (Å²) in [4.78, 5) is 14.5. The molecule has 1 saturated carbocycles. The highest BCUT2D eigenvalue weighted by atomic mass is 79.9. The summed E-state index contributed by atoms with van der Waals surface area (Å²) in [7, 11) is 1.89. The van der Waals surface area contributed by atoms with Crippen molar-refractivity contribution in [3.8, 4) is 0 Å². The molecular formula is C15H21BrN2O2. The second kappa shape index (κ2) is 5.19. The van der Waals surface area contributed by atoms with Gasteiger partial charge in [-0.3, -0.25) is 4.79 Å². The molecule has 1 saturated heterocycles. The number of halogens is 1. The van der Waals surface area contributed by atoms with E-state index in [1.54, 1.807) is 0 Å². The lowest BCUT2D eigenvalue weighted by atomic mass is 9.71. The maximum absolute atomic E-state index is 12.6. The van der Waals surface area contributed by atoms with Crippen LogP contribution in [0.25, 0.3) is 0 Å². The van der Waals surface area contributed by atoms with Gasteiger partial charge in [-0.1, -0.05) is 12.8 Å². The number of aromatic nitrogens is 1. The molecule has 2 fully saturated rings.